The summed E-state index contributed by atoms with van der Waals surface area (Å²) in [5.41, 5.74) is 3.27. The highest BCUT2D eigenvalue weighted by Gasteiger charge is 2.25. The van der Waals surface area contributed by atoms with Gasteiger partial charge in [0.15, 0.2) is 0 Å². The molecule has 140 valence electrons. The summed E-state index contributed by atoms with van der Waals surface area (Å²) in [5.74, 6) is 0.301. The second kappa shape index (κ2) is 7.48. The van der Waals surface area contributed by atoms with Crippen LogP contribution in [0, 0.1) is 12.8 Å². The fourth-order valence-corrected chi connectivity index (χ4v) is 3.51. The van der Waals surface area contributed by atoms with Gasteiger partial charge in [-0.05, 0) is 31.5 Å². The molecule has 0 bridgehead atoms. The van der Waals surface area contributed by atoms with E-state index in [9.17, 15) is 4.79 Å². The van der Waals surface area contributed by atoms with Crippen LogP contribution in [0.25, 0.3) is 10.9 Å². The molecule has 0 spiro atoms. The van der Waals surface area contributed by atoms with E-state index in [4.69, 9.17) is 4.74 Å². The topological polar surface area (TPSA) is 60.2 Å². The van der Waals surface area contributed by atoms with Gasteiger partial charge in [0.25, 0.3) is 5.91 Å². The summed E-state index contributed by atoms with van der Waals surface area (Å²) in [6, 6.07) is 13.6. The van der Waals surface area contributed by atoms with E-state index in [-0.39, 0.29) is 5.91 Å². The minimum Gasteiger partial charge on any atom is -0.381 e. The van der Waals surface area contributed by atoms with Gasteiger partial charge in [-0.25, -0.2) is 4.98 Å². The molecule has 6 nitrogen and oxygen atoms in total. The van der Waals surface area contributed by atoms with Crippen molar-refractivity contribution in [2.45, 2.75) is 19.9 Å². The molecule has 3 heterocycles. The van der Waals surface area contributed by atoms with Gasteiger partial charge in [-0.2, -0.15) is 5.10 Å². The summed E-state index contributed by atoms with van der Waals surface area (Å²) in [6.07, 6.45) is 0.982. The van der Waals surface area contributed by atoms with E-state index >= 15 is 0 Å². The van der Waals surface area contributed by atoms with Crippen LogP contribution in [0.1, 0.15) is 28.3 Å². The average molecular weight is 364 g/mol. The van der Waals surface area contributed by atoms with Crippen LogP contribution in [-0.4, -0.2) is 45.3 Å². The molecule has 4 rings (SSSR count). The van der Waals surface area contributed by atoms with Crippen LogP contribution < -0.4 is 0 Å². The lowest BCUT2D eigenvalue weighted by atomic mass is 10.1. The molecule has 1 amide bonds. The number of amides is 1. The Labute approximate surface area is 158 Å². The molecular weight excluding hydrogens is 340 g/mol. The molecule has 2 aromatic heterocycles. The van der Waals surface area contributed by atoms with E-state index in [1.807, 2.05) is 66.0 Å². The Morgan fingerprint density at radius 3 is 2.89 bits per heavy atom. The fraction of sp³-hybridized carbons (Fsp3) is 0.381. The fourth-order valence-electron chi connectivity index (χ4n) is 3.51. The van der Waals surface area contributed by atoms with E-state index in [0.29, 0.717) is 31.3 Å². The van der Waals surface area contributed by atoms with Gasteiger partial charge in [-0.15, -0.1) is 0 Å². The highest BCUT2D eigenvalue weighted by Crippen LogP contribution is 2.19. The Balaban J connectivity index is 1.61. The highest BCUT2D eigenvalue weighted by molar-refractivity contribution is 5.94. The van der Waals surface area contributed by atoms with Gasteiger partial charge < -0.3 is 9.64 Å². The van der Waals surface area contributed by atoms with Gasteiger partial charge in [-0.1, -0.05) is 24.3 Å². The Bertz CT molecular complexity index is 940. The van der Waals surface area contributed by atoms with Crippen LogP contribution in [-0.2, 0) is 18.3 Å². The zero-order chi connectivity index (χ0) is 18.8. The van der Waals surface area contributed by atoms with Crippen LogP contribution in [0.5, 0.6) is 0 Å². The van der Waals surface area contributed by atoms with Crippen molar-refractivity contribution in [1.29, 1.82) is 0 Å². The number of hydrogen-bond acceptors (Lipinski definition) is 4. The Hall–Kier alpha value is -2.73. The summed E-state index contributed by atoms with van der Waals surface area (Å²) in [5, 5.41) is 5.55. The van der Waals surface area contributed by atoms with Gasteiger partial charge in [0.2, 0.25) is 0 Å². The largest absolute Gasteiger partial charge is 0.381 e. The summed E-state index contributed by atoms with van der Waals surface area (Å²) in [4.78, 5) is 19.7. The number of carbonyl (C=O) groups excluding carboxylic acids is 1. The lowest BCUT2D eigenvalue weighted by molar-refractivity contribution is 0.0698. The summed E-state index contributed by atoms with van der Waals surface area (Å²) < 4.78 is 7.34. The standard InChI is InChI=1S/C21H24N4O2/c1-15-11-18(23-24(15)2)13-25(12-16-9-10-27-14-16)21(26)20-8-7-17-5-3-4-6-19(17)22-20/h3-8,11,16H,9-10,12-14H2,1-2H3. The minimum absolute atomic E-state index is 0.0593. The van der Waals surface area contributed by atoms with E-state index in [0.717, 1.165) is 35.3 Å². The van der Waals surface area contributed by atoms with Gasteiger partial charge in [0.1, 0.15) is 5.69 Å². The summed E-state index contributed by atoms with van der Waals surface area (Å²) in [7, 11) is 1.92. The van der Waals surface area contributed by atoms with Crippen molar-refractivity contribution in [1.82, 2.24) is 19.7 Å². The molecule has 0 radical (unpaired) electrons. The number of benzene rings is 1. The Morgan fingerprint density at radius 1 is 1.30 bits per heavy atom. The van der Waals surface area contributed by atoms with E-state index in [2.05, 4.69) is 10.1 Å². The van der Waals surface area contributed by atoms with Crippen molar-refractivity contribution >= 4 is 16.8 Å². The molecule has 3 aromatic rings. The van der Waals surface area contributed by atoms with Crippen molar-refractivity contribution in [3.63, 3.8) is 0 Å². The lowest BCUT2D eigenvalue weighted by Crippen LogP contribution is -2.36. The van der Waals surface area contributed by atoms with Crippen LogP contribution in [0.2, 0.25) is 0 Å². The first-order valence-electron chi connectivity index (χ1n) is 9.32. The second-order valence-corrected chi connectivity index (χ2v) is 7.21. The molecule has 1 atom stereocenters. The number of nitrogens with zero attached hydrogens (tertiary/aromatic N) is 4. The van der Waals surface area contributed by atoms with Crippen molar-refractivity contribution in [3.8, 4) is 0 Å². The number of aromatic nitrogens is 3. The monoisotopic (exact) mass is 364 g/mol. The van der Waals surface area contributed by atoms with Crippen LogP contribution in [0.4, 0.5) is 0 Å². The van der Waals surface area contributed by atoms with Crippen molar-refractivity contribution in [2.24, 2.45) is 13.0 Å². The molecule has 6 heteroatoms. The quantitative estimate of drug-likeness (QED) is 0.698. The maximum absolute atomic E-state index is 13.3. The number of ether oxygens (including phenoxy) is 1. The number of hydrogen-bond donors (Lipinski definition) is 0. The molecule has 1 aromatic carbocycles. The second-order valence-electron chi connectivity index (χ2n) is 7.21. The summed E-state index contributed by atoms with van der Waals surface area (Å²) >= 11 is 0. The molecule has 1 aliphatic heterocycles. The Kier molecular flexibility index (Phi) is 4.90. The molecule has 1 aliphatic rings. The highest BCUT2D eigenvalue weighted by atomic mass is 16.5. The van der Waals surface area contributed by atoms with Gasteiger partial charge in [0.05, 0.1) is 24.4 Å². The van der Waals surface area contributed by atoms with Crippen molar-refractivity contribution in [3.05, 3.63) is 59.5 Å². The molecule has 27 heavy (non-hydrogen) atoms. The third-order valence-electron chi connectivity index (χ3n) is 5.12. The first-order chi connectivity index (χ1) is 13.1. The summed E-state index contributed by atoms with van der Waals surface area (Å²) in [6.45, 7) is 4.62. The predicted octanol–water partition coefficient (Wildman–Crippen LogP) is 2.96. The lowest BCUT2D eigenvalue weighted by Gasteiger charge is -2.24. The first-order valence-corrected chi connectivity index (χ1v) is 9.32. The first kappa shape index (κ1) is 17.7. The number of carbonyl (C=O) groups is 1. The Morgan fingerprint density at radius 2 is 2.15 bits per heavy atom. The van der Waals surface area contributed by atoms with Gasteiger partial charge >= 0.3 is 0 Å². The molecule has 0 saturated carbocycles. The van der Waals surface area contributed by atoms with E-state index in [1.54, 1.807) is 0 Å². The van der Waals surface area contributed by atoms with E-state index < -0.39 is 0 Å². The normalized spacial score (nSPS) is 16.7. The molecular formula is C21H24N4O2. The number of rotatable bonds is 5. The maximum atomic E-state index is 13.3. The van der Waals surface area contributed by atoms with E-state index in [1.165, 1.54) is 0 Å². The molecule has 1 unspecified atom stereocenters. The van der Waals surface area contributed by atoms with Gasteiger partial charge in [0, 0.05) is 37.2 Å². The maximum Gasteiger partial charge on any atom is 0.272 e. The smallest absolute Gasteiger partial charge is 0.272 e. The molecule has 0 aliphatic carbocycles. The van der Waals surface area contributed by atoms with Crippen molar-refractivity contribution < 1.29 is 9.53 Å². The molecule has 1 saturated heterocycles. The minimum atomic E-state index is -0.0593. The zero-order valence-electron chi connectivity index (χ0n) is 15.8. The SMILES string of the molecule is Cc1cc(CN(CC2CCOC2)C(=O)c2ccc3ccccc3n2)nn1C. The molecule has 1 fully saturated rings. The van der Waals surface area contributed by atoms with Crippen LogP contribution >= 0.6 is 0 Å². The van der Waals surface area contributed by atoms with Crippen LogP contribution in [0.3, 0.4) is 0 Å². The zero-order valence-corrected chi connectivity index (χ0v) is 15.8. The van der Waals surface area contributed by atoms with Crippen molar-refractivity contribution in [2.75, 3.05) is 19.8 Å². The predicted molar refractivity (Wildman–Crippen MR) is 103 cm³/mol. The number of pyridine rings is 1. The van der Waals surface area contributed by atoms with Gasteiger partial charge in [-0.3, -0.25) is 9.48 Å². The number of aryl methyl sites for hydroxylation is 2. The molecule has 0 N–H and O–H groups in total. The number of para-hydroxylation sites is 1. The third kappa shape index (κ3) is 3.85. The number of fused-ring (bicyclic) bond motifs is 1. The third-order valence-corrected chi connectivity index (χ3v) is 5.12. The average Bonchev–Trinajstić information content (AvgIpc) is 3.30. The van der Waals surface area contributed by atoms with Crippen LogP contribution in [0.15, 0.2) is 42.5 Å².